The minimum atomic E-state index is -0.773. The maximum absolute atomic E-state index is 14.2. The van der Waals surface area contributed by atoms with Gasteiger partial charge in [-0.3, -0.25) is 9.59 Å². The molecule has 2 atom stereocenters. The Morgan fingerprint density at radius 2 is 1.00 bits per heavy atom. The Labute approximate surface area is 428 Å². The highest BCUT2D eigenvalue weighted by Gasteiger charge is 2.33. The van der Waals surface area contributed by atoms with Gasteiger partial charge in [-0.2, -0.15) is 0 Å². The fraction of sp³-hybridized carbons (Fsp3) is 0.464. The zero-order valence-corrected chi connectivity index (χ0v) is 42.5. The molecule has 2 aliphatic carbocycles. The van der Waals surface area contributed by atoms with E-state index >= 15 is 0 Å². The fourth-order valence-corrected chi connectivity index (χ4v) is 11.6. The summed E-state index contributed by atoms with van der Waals surface area (Å²) in [5.41, 5.74) is 8.79. The molecule has 0 unspecified atom stereocenters. The van der Waals surface area contributed by atoms with Crippen molar-refractivity contribution in [3.63, 3.8) is 0 Å². The molecule has 0 radical (unpaired) electrons. The number of imidazole rings is 2. The number of amides is 2. The van der Waals surface area contributed by atoms with E-state index < -0.39 is 23.8 Å². The summed E-state index contributed by atoms with van der Waals surface area (Å²) in [6.07, 6.45) is 10.3. The second kappa shape index (κ2) is 23.3. The van der Waals surface area contributed by atoms with Gasteiger partial charge in [0.2, 0.25) is 0 Å². The molecule has 2 fully saturated rings. The van der Waals surface area contributed by atoms with Gasteiger partial charge in [0.25, 0.3) is 12.9 Å². The normalized spacial score (nSPS) is 16.8. The number of carbonyl (C=O) groups excluding carboxylic acids is 4. The van der Waals surface area contributed by atoms with Gasteiger partial charge in [0.05, 0.1) is 76.7 Å². The lowest BCUT2D eigenvalue weighted by Gasteiger charge is -2.28. The highest BCUT2D eigenvalue weighted by atomic mass is 19.1. The van der Waals surface area contributed by atoms with Gasteiger partial charge in [0.1, 0.15) is 47.0 Å². The van der Waals surface area contributed by atoms with Crippen LogP contribution in [0.15, 0.2) is 60.7 Å². The summed E-state index contributed by atoms with van der Waals surface area (Å²) < 4.78 is 64.6. The van der Waals surface area contributed by atoms with Gasteiger partial charge >= 0.3 is 12.2 Å². The quantitative estimate of drug-likeness (QED) is 0.0750. The Morgan fingerprint density at radius 1 is 0.595 bits per heavy atom. The molecule has 0 bridgehead atoms. The van der Waals surface area contributed by atoms with Crippen LogP contribution in [0.4, 0.5) is 18.4 Å². The Kier molecular flexibility index (Phi) is 16.3. The molecule has 2 amide bonds. The third kappa shape index (κ3) is 10.7. The van der Waals surface area contributed by atoms with E-state index in [0.29, 0.717) is 61.7 Å². The SMILES string of the molecule is COC(=O)N1CCc2ccc3c(nc(C4CCCCC4)n3C[C@@H](OC=O)c3cc(F)ccc3OC)c2C1.COC(=O)N1CCc2ccc3c(nc(C4CCCCC4)n3C[C@H](OC=O)c3cc(F)ccc3OC)c2C1. The maximum Gasteiger partial charge on any atom is 0.409 e. The van der Waals surface area contributed by atoms with Crippen molar-refractivity contribution in [1.82, 2.24) is 28.9 Å². The van der Waals surface area contributed by atoms with Gasteiger partial charge in [0, 0.05) is 47.2 Å². The standard InChI is InChI=1S/2C28H32FN3O5/c2*1-35-24-11-9-20(29)14-21(24)25(37-17-33)16-32-23-10-8-18-12-13-31(28(34)36-2)15-22(18)26(23)30-27(32)19-6-4-3-5-7-19/h2*8-11,14,17,19,25H,3-7,12-13,15-16H2,1-2H3/t2*25-/m10/s1. The van der Waals surface area contributed by atoms with Crippen LogP contribution in [0.2, 0.25) is 0 Å². The van der Waals surface area contributed by atoms with Gasteiger partial charge in [-0.15, -0.1) is 0 Å². The number of hydrogen-bond acceptors (Lipinski definition) is 12. The molecule has 10 rings (SSSR count). The van der Waals surface area contributed by atoms with E-state index in [2.05, 4.69) is 33.4 Å². The van der Waals surface area contributed by atoms with Crippen LogP contribution in [0.1, 0.15) is 133 Å². The first-order valence-electron chi connectivity index (χ1n) is 25.6. The molecular weight excluding hydrogens is 955 g/mol. The number of rotatable bonds is 14. The molecule has 0 saturated heterocycles. The number of halogens is 2. The number of aromatic nitrogens is 4. The van der Waals surface area contributed by atoms with Gasteiger partial charge in [-0.25, -0.2) is 28.3 Å². The van der Waals surface area contributed by atoms with Crippen LogP contribution in [-0.4, -0.2) is 95.6 Å². The summed E-state index contributed by atoms with van der Waals surface area (Å²) in [7, 11) is 5.80. The maximum atomic E-state index is 14.2. The second-order valence-electron chi connectivity index (χ2n) is 19.5. The smallest absolute Gasteiger partial charge is 0.409 e. The minimum absolute atomic E-state index is 0.264. The number of ether oxygens (including phenoxy) is 6. The summed E-state index contributed by atoms with van der Waals surface area (Å²) in [5.74, 6) is 2.43. The van der Waals surface area contributed by atoms with E-state index in [-0.39, 0.29) is 37.1 Å². The molecule has 392 valence electrons. The third-order valence-corrected chi connectivity index (χ3v) is 15.3. The third-order valence-electron chi connectivity index (χ3n) is 15.3. The van der Waals surface area contributed by atoms with Crippen LogP contribution in [0.3, 0.4) is 0 Å². The van der Waals surface area contributed by atoms with Crippen molar-refractivity contribution in [2.75, 3.05) is 41.5 Å². The summed E-state index contributed by atoms with van der Waals surface area (Å²) in [6.45, 7) is 3.35. The largest absolute Gasteiger partial charge is 0.496 e. The number of benzene rings is 4. The Balaban J connectivity index is 0.000000182. The van der Waals surface area contributed by atoms with Crippen LogP contribution >= 0.6 is 0 Å². The zero-order valence-electron chi connectivity index (χ0n) is 42.5. The first kappa shape index (κ1) is 51.7. The minimum Gasteiger partial charge on any atom is -0.496 e. The molecule has 18 heteroatoms. The van der Waals surface area contributed by atoms with E-state index in [4.69, 9.17) is 38.4 Å². The van der Waals surface area contributed by atoms with Crippen molar-refractivity contribution in [2.45, 2.75) is 127 Å². The summed E-state index contributed by atoms with van der Waals surface area (Å²) in [5, 5.41) is 0. The Bertz CT molecular complexity index is 2800. The second-order valence-corrected chi connectivity index (χ2v) is 19.5. The molecule has 74 heavy (non-hydrogen) atoms. The number of methoxy groups -OCH3 is 4. The molecule has 4 aromatic carbocycles. The predicted molar refractivity (Wildman–Crippen MR) is 270 cm³/mol. The van der Waals surface area contributed by atoms with E-state index in [9.17, 15) is 28.0 Å². The summed E-state index contributed by atoms with van der Waals surface area (Å²) in [6, 6.07) is 16.7. The van der Waals surface area contributed by atoms with Gasteiger partial charge in [0.15, 0.2) is 0 Å². The van der Waals surface area contributed by atoms with Crippen molar-refractivity contribution >= 4 is 47.2 Å². The molecule has 2 saturated carbocycles. The van der Waals surface area contributed by atoms with E-state index in [1.165, 1.54) is 88.8 Å². The predicted octanol–water partition coefficient (Wildman–Crippen LogP) is 10.5. The zero-order chi connectivity index (χ0) is 51.9. The first-order valence-corrected chi connectivity index (χ1v) is 25.6. The van der Waals surface area contributed by atoms with Crippen LogP contribution in [0.25, 0.3) is 22.1 Å². The monoisotopic (exact) mass is 1020 g/mol. The Morgan fingerprint density at radius 3 is 1.36 bits per heavy atom. The fourth-order valence-electron chi connectivity index (χ4n) is 11.6. The molecule has 6 aromatic rings. The van der Waals surface area contributed by atoms with Crippen molar-refractivity contribution in [3.05, 3.63) is 117 Å². The van der Waals surface area contributed by atoms with Gasteiger partial charge in [-0.05, 0) is 98.2 Å². The topological polar surface area (TPSA) is 166 Å². The highest BCUT2D eigenvalue weighted by molar-refractivity contribution is 5.84. The van der Waals surface area contributed by atoms with Crippen molar-refractivity contribution in [3.8, 4) is 11.5 Å². The molecular formula is C56H64F2N6O10. The molecule has 0 N–H and O–H groups in total. The average molecular weight is 1020 g/mol. The molecule has 16 nitrogen and oxygen atoms in total. The molecule has 4 aliphatic rings. The van der Waals surface area contributed by atoms with Crippen LogP contribution in [-0.2, 0) is 67.6 Å². The summed E-state index contributed by atoms with van der Waals surface area (Å²) in [4.78, 5) is 61.4. The van der Waals surface area contributed by atoms with Gasteiger partial charge in [-0.1, -0.05) is 50.7 Å². The van der Waals surface area contributed by atoms with Crippen LogP contribution < -0.4 is 9.47 Å². The highest BCUT2D eigenvalue weighted by Crippen LogP contribution is 2.41. The van der Waals surface area contributed by atoms with Crippen molar-refractivity contribution in [2.24, 2.45) is 0 Å². The summed E-state index contributed by atoms with van der Waals surface area (Å²) >= 11 is 0. The lowest BCUT2D eigenvalue weighted by molar-refractivity contribution is -0.135. The van der Waals surface area contributed by atoms with Gasteiger partial charge < -0.3 is 47.4 Å². The van der Waals surface area contributed by atoms with E-state index in [1.54, 1.807) is 9.80 Å². The number of hydrogen-bond donors (Lipinski definition) is 0. The molecule has 4 heterocycles. The lowest BCUT2D eigenvalue weighted by Crippen LogP contribution is -2.35. The lowest BCUT2D eigenvalue weighted by atomic mass is 9.88. The van der Waals surface area contributed by atoms with E-state index in [1.807, 2.05) is 0 Å². The molecule has 2 aliphatic heterocycles. The van der Waals surface area contributed by atoms with E-state index in [0.717, 1.165) is 109 Å². The van der Waals surface area contributed by atoms with Crippen molar-refractivity contribution < 1.29 is 56.4 Å². The van der Waals surface area contributed by atoms with Crippen LogP contribution in [0.5, 0.6) is 11.5 Å². The van der Waals surface area contributed by atoms with Crippen molar-refractivity contribution in [1.29, 1.82) is 0 Å². The first-order chi connectivity index (χ1) is 36.1. The molecule has 2 aromatic heterocycles. The number of carbonyl (C=O) groups is 4. The molecule has 0 spiro atoms. The average Bonchev–Trinajstić information content (AvgIpc) is 4.01. The number of fused-ring (bicyclic) bond motifs is 6. The Hall–Kier alpha value is -7.24. The van der Waals surface area contributed by atoms with Crippen LogP contribution in [0, 0.1) is 11.6 Å². The number of nitrogens with zero attached hydrogens (tertiary/aromatic N) is 6.